The molecular formula is C14H22N2O. The van der Waals surface area contributed by atoms with Crippen molar-refractivity contribution in [1.29, 1.82) is 0 Å². The number of hydrogen-bond donors (Lipinski definition) is 2. The van der Waals surface area contributed by atoms with Crippen molar-refractivity contribution in [1.82, 2.24) is 0 Å². The number of carbonyl (C=O) groups excluding carboxylic acids is 1. The SMILES string of the molecule is CCC(C)(CC)Nc1ccc(C(C)=O)c(N)c1. The van der Waals surface area contributed by atoms with Crippen molar-refractivity contribution < 1.29 is 4.79 Å². The molecule has 94 valence electrons. The van der Waals surface area contributed by atoms with E-state index < -0.39 is 0 Å². The fourth-order valence-electron chi connectivity index (χ4n) is 1.74. The molecule has 0 amide bonds. The first-order chi connectivity index (χ1) is 7.91. The summed E-state index contributed by atoms with van der Waals surface area (Å²) in [4.78, 5) is 11.3. The molecule has 1 aromatic carbocycles. The Bertz CT molecular complexity index is 409. The maximum atomic E-state index is 11.3. The lowest BCUT2D eigenvalue weighted by Gasteiger charge is -2.29. The molecule has 0 unspecified atom stereocenters. The van der Waals surface area contributed by atoms with Gasteiger partial charge in [0.1, 0.15) is 0 Å². The predicted octanol–water partition coefficient (Wildman–Crippen LogP) is 3.46. The largest absolute Gasteiger partial charge is 0.398 e. The highest BCUT2D eigenvalue weighted by Gasteiger charge is 2.19. The summed E-state index contributed by atoms with van der Waals surface area (Å²) in [6.45, 7) is 8.02. The molecule has 0 aliphatic carbocycles. The minimum absolute atomic E-state index is 0.00259. The molecule has 3 nitrogen and oxygen atoms in total. The van der Waals surface area contributed by atoms with Crippen molar-refractivity contribution in [3.8, 4) is 0 Å². The van der Waals surface area contributed by atoms with E-state index >= 15 is 0 Å². The Kier molecular flexibility index (Phi) is 4.16. The van der Waals surface area contributed by atoms with Crippen LogP contribution in [0.2, 0.25) is 0 Å². The van der Waals surface area contributed by atoms with Crippen molar-refractivity contribution in [3.05, 3.63) is 23.8 Å². The van der Waals surface area contributed by atoms with Gasteiger partial charge in [0.05, 0.1) is 0 Å². The molecule has 0 aliphatic rings. The molecule has 0 saturated heterocycles. The van der Waals surface area contributed by atoms with Crippen LogP contribution in [0.1, 0.15) is 50.9 Å². The van der Waals surface area contributed by atoms with E-state index in [2.05, 4.69) is 26.1 Å². The van der Waals surface area contributed by atoms with E-state index in [1.54, 1.807) is 6.07 Å². The Morgan fingerprint density at radius 2 is 1.94 bits per heavy atom. The fourth-order valence-corrected chi connectivity index (χ4v) is 1.74. The summed E-state index contributed by atoms with van der Waals surface area (Å²) >= 11 is 0. The van der Waals surface area contributed by atoms with Gasteiger partial charge < -0.3 is 11.1 Å². The third-order valence-corrected chi connectivity index (χ3v) is 3.44. The van der Waals surface area contributed by atoms with Gasteiger partial charge in [-0.3, -0.25) is 4.79 Å². The minimum Gasteiger partial charge on any atom is -0.398 e. The van der Waals surface area contributed by atoms with E-state index in [4.69, 9.17) is 5.73 Å². The quantitative estimate of drug-likeness (QED) is 0.606. The van der Waals surface area contributed by atoms with Crippen LogP contribution in [-0.4, -0.2) is 11.3 Å². The van der Waals surface area contributed by atoms with Gasteiger partial charge in [-0.2, -0.15) is 0 Å². The zero-order valence-electron chi connectivity index (χ0n) is 11.1. The van der Waals surface area contributed by atoms with Crippen LogP contribution < -0.4 is 11.1 Å². The minimum atomic E-state index is 0.00259. The number of Topliss-reactive ketones (excluding diaryl/α,β-unsaturated/α-hetero) is 1. The van der Waals surface area contributed by atoms with Gasteiger partial charge in [0.15, 0.2) is 5.78 Å². The Balaban J connectivity index is 2.95. The lowest BCUT2D eigenvalue weighted by Crippen LogP contribution is -2.32. The van der Waals surface area contributed by atoms with Crippen LogP contribution in [0.3, 0.4) is 0 Å². The first-order valence-electron chi connectivity index (χ1n) is 6.10. The predicted molar refractivity (Wildman–Crippen MR) is 73.5 cm³/mol. The summed E-state index contributed by atoms with van der Waals surface area (Å²) in [6, 6.07) is 5.53. The van der Waals surface area contributed by atoms with Crippen molar-refractivity contribution >= 4 is 17.2 Å². The van der Waals surface area contributed by atoms with E-state index in [0.29, 0.717) is 11.3 Å². The molecule has 3 N–H and O–H groups in total. The van der Waals surface area contributed by atoms with Gasteiger partial charge in [-0.25, -0.2) is 0 Å². The maximum absolute atomic E-state index is 11.3. The highest BCUT2D eigenvalue weighted by Crippen LogP contribution is 2.24. The summed E-state index contributed by atoms with van der Waals surface area (Å²) < 4.78 is 0. The van der Waals surface area contributed by atoms with Crippen LogP contribution in [0.5, 0.6) is 0 Å². The first-order valence-corrected chi connectivity index (χ1v) is 6.10. The van der Waals surface area contributed by atoms with E-state index in [-0.39, 0.29) is 11.3 Å². The Labute approximate surface area is 103 Å². The van der Waals surface area contributed by atoms with Crippen LogP contribution in [0.15, 0.2) is 18.2 Å². The molecule has 1 rings (SSSR count). The highest BCUT2D eigenvalue weighted by atomic mass is 16.1. The zero-order valence-corrected chi connectivity index (χ0v) is 11.1. The van der Waals surface area contributed by atoms with Crippen molar-refractivity contribution in [2.24, 2.45) is 0 Å². The molecule has 3 heteroatoms. The van der Waals surface area contributed by atoms with Crippen LogP contribution in [0.25, 0.3) is 0 Å². The number of nitrogen functional groups attached to an aromatic ring is 1. The first kappa shape index (κ1) is 13.6. The lowest BCUT2D eigenvalue weighted by molar-refractivity contribution is 0.101. The van der Waals surface area contributed by atoms with Gasteiger partial charge >= 0.3 is 0 Å². The van der Waals surface area contributed by atoms with E-state index in [1.807, 2.05) is 12.1 Å². The van der Waals surface area contributed by atoms with Gasteiger partial charge in [-0.1, -0.05) is 13.8 Å². The van der Waals surface area contributed by atoms with Crippen LogP contribution in [-0.2, 0) is 0 Å². The molecular weight excluding hydrogens is 212 g/mol. The standard InChI is InChI=1S/C14H22N2O/c1-5-14(4,6-2)16-11-7-8-12(10(3)17)13(15)9-11/h7-9,16H,5-6,15H2,1-4H3. The summed E-state index contributed by atoms with van der Waals surface area (Å²) in [6.07, 6.45) is 2.08. The summed E-state index contributed by atoms with van der Waals surface area (Å²) in [5.74, 6) is 0.00259. The van der Waals surface area contributed by atoms with Crippen LogP contribution in [0, 0.1) is 0 Å². The summed E-state index contributed by atoms with van der Waals surface area (Å²) in [5, 5.41) is 3.47. The summed E-state index contributed by atoms with van der Waals surface area (Å²) in [7, 11) is 0. The van der Waals surface area contributed by atoms with E-state index in [1.165, 1.54) is 6.92 Å². The number of nitrogens with two attached hydrogens (primary N) is 1. The van der Waals surface area contributed by atoms with Gasteiger partial charge in [0, 0.05) is 22.5 Å². The van der Waals surface area contributed by atoms with Gasteiger partial charge in [0.25, 0.3) is 0 Å². The number of carbonyl (C=O) groups is 1. The zero-order chi connectivity index (χ0) is 13.1. The third kappa shape index (κ3) is 3.22. The second-order valence-electron chi connectivity index (χ2n) is 4.75. The molecule has 0 aromatic heterocycles. The molecule has 0 fully saturated rings. The second-order valence-corrected chi connectivity index (χ2v) is 4.75. The maximum Gasteiger partial charge on any atom is 0.161 e. The lowest BCUT2D eigenvalue weighted by atomic mass is 9.95. The molecule has 0 atom stereocenters. The smallest absolute Gasteiger partial charge is 0.161 e. The Hall–Kier alpha value is -1.51. The van der Waals surface area contributed by atoms with Crippen molar-refractivity contribution in [3.63, 3.8) is 0 Å². The molecule has 0 spiro atoms. The molecule has 17 heavy (non-hydrogen) atoms. The topological polar surface area (TPSA) is 55.1 Å². The number of ketones is 1. The number of benzene rings is 1. The number of rotatable bonds is 5. The van der Waals surface area contributed by atoms with Crippen molar-refractivity contribution in [2.75, 3.05) is 11.1 Å². The van der Waals surface area contributed by atoms with Crippen LogP contribution in [0.4, 0.5) is 11.4 Å². The Morgan fingerprint density at radius 1 is 1.35 bits per heavy atom. The number of anilines is 2. The molecule has 0 saturated carbocycles. The average Bonchev–Trinajstić information content (AvgIpc) is 2.28. The molecule has 0 heterocycles. The summed E-state index contributed by atoms with van der Waals surface area (Å²) in [5.41, 5.74) is 8.03. The van der Waals surface area contributed by atoms with Gasteiger partial charge in [-0.05, 0) is 44.9 Å². The third-order valence-electron chi connectivity index (χ3n) is 3.44. The molecule has 0 bridgehead atoms. The van der Waals surface area contributed by atoms with Crippen LogP contribution >= 0.6 is 0 Å². The normalized spacial score (nSPS) is 11.3. The Morgan fingerprint density at radius 3 is 2.35 bits per heavy atom. The average molecular weight is 234 g/mol. The fraction of sp³-hybridized carbons (Fsp3) is 0.500. The van der Waals surface area contributed by atoms with Crippen molar-refractivity contribution in [2.45, 2.75) is 46.1 Å². The van der Waals surface area contributed by atoms with E-state index in [9.17, 15) is 4.79 Å². The highest BCUT2D eigenvalue weighted by molar-refractivity contribution is 5.99. The molecule has 0 radical (unpaired) electrons. The monoisotopic (exact) mass is 234 g/mol. The van der Waals surface area contributed by atoms with Gasteiger partial charge in [-0.15, -0.1) is 0 Å². The van der Waals surface area contributed by atoms with Gasteiger partial charge in [0.2, 0.25) is 0 Å². The second kappa shape index (κ2) is 5.21. The number of hydrogen-bond acceptors (Lipinski definition) is 3. The molecule has 1 aromatic rings. The number of nitrogens with one attached hydrogen (secondary N) is 1. The van der Waals surface area contributed by atoms with E-state index in [0.717, 1.165) is 18.5 Å². The molecule has 0 aliphatic heterocycles.